The molecule has 26 heavy (non-hydrogen) atoms. The van der Waals surface area contributed by atoms with E-state index in [4.69, 9.17) is 0 Å². The number of hydrogen-bond acceptors (Lipinski definition) is 4. The number of carbonyl (C=O) groups excluding carboxylic acids is 1. The summed E-state index contributed by atoms with van der Waals surface area (Å²) in [5.41, 5.74) is -0.387. The molecule has 9 heteroatoms. The Kier molecular flexibility index (Phi) is 4.17. The van der Waals surface area contributed by atoms with Crippen LogP contribution in [0, 0.1) is 13.8 Å². The molecule has 0 amide bonds. The van der Waals surface area contributed by atoms with Crippen LogP contribution in [-0.2, 0) is 6.18 Å². The Morgan fingerprint density at radius 3 is 2.38 bits per heavy atom. The molecule has 1 N–H and O–H groups in total. The van der Waals surface area contributed by atoms with Gasteiger partial charge in [0.1, 0.15) is 17.3 Å². The van der Waals surface area contributed by atoms with E-state index in [9.17, 15) is 22.8 Å². The number of aromatic nitrogens is 4. The van der Waals surface area contributed by atoms with Gasteiger partial charge in [-0.1, -0.05) is 12.1 Å². The highest BCUT2D eigenvalue weighted by Gasteiger charge is 2.31. The number of ketones is 1. The number of benzene rings is 1. The Labute approximate surface area is 145 Å². The van der Waals surface area contributed by atoms with Crippen molar-refractivity contribution in [3.63, 3.8) is 0 Å². The quantitative estimate of drug-likeness (QED) is 0.724. The van der Waals surface area contributed by atoms with Crippen LogP contribution < -0.4 is 5.56 Å². The van der Waals surface area contributed by atoms with Gasteiger partial charge in [-0.3, -0.25) is 9.59 Å². The Hall–Kier alpha value is -2.97. The topological polar surface area (TPSA) is 80.6 Å². The molecule has 0 spiro atoms. The molecular weight excluding hydrogens is 349 g/mol. The summed E-state index contributed by atoms with van der Waals surface area (Å²) >= 11 is 0. The molecular formula is C17H15F3N4O2. The molecule has 1 unspecified atom stereocenters. The average molecular weight is 364 g/mol. The van der Waals surface area contributed by atoms with E-state index < -0.39 is 23.6 Å². The minimum Gasteiger partial charge on any atom is -0.310 e. The number of carbonyl (C=O) groups is 1. The highest BCUT2D eigenvalue weighted by molar-refractivity contribution is 5.99. The van der Waals surface area contributed by atoms with E-state index in [1.807, 2.05) is 0 Å². The van der Waals surface area contributed by atoms with Gasteiger partial charge in [-0.25, -0.2) is 9.67 Å². The number of hydrogen-bond donors (Lipinski definition) is 1. The van der Waals surface area contributed by atoms with Crippen LogP contribution in [0.1, 0.15) is 40.4 Å². The Morgan fingerprint density at radius 1 is 1.19 bits per heavy atom. The second kappa shape index (κ2) is 6.08. The molecule has 0 fully saturated rings. The van der Waals surface area contributed by atoms with Gasteiger partial charge in [0.05, 0.1) is 11.3 Å². The van der Waals surface area contributed by atoms with Crippen LogP contribution >= 0.6 is 0 Å². The SMILES string of the molecule is Cc1nc2c(c(C)nn2C(C)C(=O)c2ccc(C(F)(F)F)cc2)c(=O)[nH]1. The van der Waals surface area contributed by atoms with E-state index >= 15 is 0 Å². The van der Waals surface area contributed by atoms with E-state index in [0.29, 0.717) is 11.5 Å². The predicted octanol–water partition coefficient (Wildman–Crippen LogP) is 3.20. The molecule has 6 nitrogen and oxygen atoms in total. The average Bonchev–Trinajstić information content (AvgIpc) is 2.89. The fourth-order valence-corrected chi connectivity index (χ4v) is 2.77. The van der Waals surface area contributed by atoms with E-state index in [-0.39, 0.29) is 22.2 Å². The van der Waals surface area contributed by atoms with Crippen LogP contribution in [0.4, 0.5) is 13.2 Å². The summed E-state index contributed by atoms with van der Waals surface area (Å²) in [6.45, 7) is 4.79. The van der Waals surface area contributed by atoms with Gasteiger partial charge in [0.15, 0.2) is 11.4 Å². The third-order valence-corrected chi connectivity index (χ3v) is 4.10. The van der Waals surface area contributed by atoms with Crippen LogP contribution in [0.15, 0.2) is 29.1 Å². The van der Waals surface area contributed by atoms with Crippen LogP contribution in [-0.4, -0.2) is 25.5 Å². The second-order valence-electron chi connectivity index (χ2n) is 6.00. The lowest BCUT2D eigenvalue weighted by Gasteiger charge is -2.13. The first-order valence-corrected chi connectivity index (χ1v) is 7.77. The molecule has 1 aromatic carbocycles. The lowest BCUT2D eigenvalue weighted by atomic mass is 10.0. The molecule has 3 aromatic rings. The maximum Gasteiger partial charge on any atom is 0.416 e. The first-order chi connectivity index (χ1) is 12.1. The van der Waals surface area contributed by atoms with Crippen molar-refractivity contribution in [3.8, 4) is 0 Å². The van der Waals surface area contributed by atoms with Crippen molar-refractivity contribution < 1.29 is 18.0 Å². The summed E-state index contributed by atoms with van der Waals surface area (Å²) in [4.78, 5) is 31.6. The van der Waals surface area contributed by atoms with Gasteiger partial charge < -0.3 is 4.98 Å². The number of Topliss-reactive ketones (excluding diaryl/α,β-unsaturated/α-hetero) is 1. The van der Waals surface area contributed by atoms with E-state index in [1.165, 1.54) is 4.68 Å². The Morgan fingerprint density at radius 2 is 1.81 bits per heavy atom. The smallest absolute Gasteiger partial charge is 0.310 e. The van der Waals surface area contributed by atoms with Crippen molar-refractivity contribution in [2.24, 2.45) is 0 Å². The molecule has 0 saturated carbocycles. The zero-order chi connectivity index (χ0) is 19.2. The lowest BCUT2D eigenvalue weighted by Crippen LogP contribution is -2.19. The molecule has 0 aliphatic carbocycles. The predicted molar refractivity (Wildman–Crippen MR) is 88.1 cm³/mol. The fraction of sp³-hybridized carbons (Fsp3) is 0.294. The van der Waals surface area contributed by atoms with Crippen LogP contribution in [0.3, 0.4) is 0 Å². The standard InChI is InChI=1S/C17H15F3N4O2/c1-8-13-15(21-10(3)22-16(13)26)24(23-8)9(2)14(25)11-4-6-12(7-5-11)17(18,19)20/h4-7,9H,1-3H3,(H,21,22,26). The molecule has 2 aromatic heterocycles. The summed E-state index contributed by atoms with van der Waals surface area (Å²) in [5.74, 6) is -0.0549. The van der Waals surface area contributed by atoms with Crippen molar-refractivity contribution in [2.45, 2.75) is 33.0 Å². The Balaban J connectivity index is 2.02. The van der Waals surface area contributed by atoms with Gasteiger partial charge in [0.2, 0.25) is 0 Å². The van der Waals surface area contributed by atoms with Crippen LogP contribution in [0.2, 0.25) is 0 Å². The van der Waals surface area contributed by atoms with Crippen LogP contribution in [0.5, 0.6) is 0 Å². The molecule has 0 aliphatic rings. The maximum absolute atomic E-state index is 12.7. The lowest BCUT2D eigenvalue weighted by molar-refractivity contribution is -0.137. The number of fused-ring (bicyclic) bond motifs is 1. The molecule has 2 heterocycles. The van der Waals surface area contributed by atoms with E-state index in [1.54, 1.807) is 20.8 Å². The fourth-order valence-electron chi connectivity index (χ4n) is 2.77. The van der Waals surface area contributed by atoms with Gasteiger partial charge in [0.25, 0.3) is 5.56 Å². The minimum absolute atomic E-state index is 0.119. The normalized spacial score (nSPS) is 13.2. The summed E-state index contributed by atoms with van der Waals surface area (Å²) in [6, 6.07) is 3.15. The zero-order valence-electron chi connectivity index (χ0n) is 14.2. The van der Waals surface area contributed by atoms with Crippen molar-refractivity contribution >= 4 is 16.8 Å². The molecule has 0 saturated heterocycles. The highest BCUT2D eigenvalue weighted by Crippen LogP contribution is 2.29. The number of halogens is 3. The number of alkyl halides is 3. The first-order valence-electron chi connectivity index (χ1n) is 7.77. The molecule has 0 bridgehead atoms. The number of aryl methyl sites for hydroxylation is 2. The van der Waals surface area contributed by atoms with Gasteiger partial charge in [-0.05, 0) is 32.9 Å². The van der Waals surface area contributed by atoms with Crippen molar-refractivity contribution in [1.29, 1.82) is 0 Å². The third kappa shape index (κ3) is 3.00. The van der Waals surface area contributed by atoms with Crippen molar-refractivity contribution in [2.75, 3.05) is 0 Å². The minimum atomic E-state index is -4.47. The third-order valence-electron chi connectivity index (χ3n) is 4.10. The molecule has 0 aliphatic heterocycles. The number of rotatable bonds is 3. The summed E-state index contributed by atoms with van der Waals surface area (Å²) in [5, 5.41) is 4.51. The highest BCUT2D eigenvalue weighted by atomic mass is 19.4. The first kappa shape index (κ1) is 17.8. The molecule has 136 valence electrons. The number of aromatic amines is 1. The van der Waals surface area contributed by atoms with E-state index in [2.05, 4.69) is 15.1 Å². The summed E-state index contributed by atoms with van der Waals surface area (Å²) < 4.78 is 39.3. The van der Waals surface area contributed by atoms with Crippen LogP contribution in [0.25, 0.3) is 11.0 Å². The Bertz CT molecular complexity index is 1050. The molecule has 0 radical (unpaired) electrons. The largest absolute Gasteiger partial charge is 0.416 e. The number of H-pyrrole nitrogens is 1. The van der Waals surface area contributed by atoms with Gasteiger partial charge in [-0.15, -0.1) is 0 Å². The zero-order valence-corrected chi connectivity index (χ0v) is 14.2. The van der Waals surface area contributed by atoms with Crippen molar-refractivity contribution in [1.82, 2.24) is 19.7 Å². The monoisotopic (exact) mass is 364 g/mol. The van der Waals surface area contributed by atoms with Gasteiger partial charge >= 0.3 is 6.18 Å². The molecule has 3 rings (SSSR count). The number of nitrogens with one attached hydrogen (secondary N) is 1. The van der Waals surface area contributed by atoms with Gasteiger partial charge in [0, 0.05) is 5.56 Å². The molecule has 1 atom stereocenters. The maximum atomic E-state index is 12.7. The summed E-state index contributed by atoms with van der Waals surface area (Å²) in [7, 11) is 0. The van der Waals surface area contributed by atoms with Gasteiger partial charge in [-0.2, -0.15) is 18.3 Å². The van der Waals surface area contributed by atoms with Crippen molar-refractivity contribution in [3.05, 3.63) is 57.3 Å². The van der Waals surface area contributed by atoms with E-state index in [0.717, 1.165) is 24.3 Å². The summed E-state index contributed by atoms with van der Waals surface area (Å²) in [6.07, 6.45) is -4.47. The second-order valence-corrected chi connectivity index (χ2v) is 6.00. The number of nitrogens with zero attached hydrogens (tertiary/aromatic N) is 3.